The number of nitrogens with two attached hydrogens (primary N) is 1. The molecule has 1 heterocycles. The molecule has 0 aliphatic heterocycles. The molecule has 0 bridgehead atoms. The standard InChI is InChI=1S/C13H22N4O2/c1-8-11(12(14)18)13(17(3)16-8)19-10-7-5-4-6-9(10)15-2/h9-10,15H,4-7H2,1-3H3,(H2,14,18). The zero-order valence-corrected chi connectivity index (χ0v) is 11.8. The normalized spacial score (nSPS) is 23.3. The fourth-order valence-corrected chi connectivity index (χ4v) is 2.77. The van der Waals surface area contributed by atoms with Crippen molar-refractivity contribution in [1.29, 1.82) is 0 Å². The molecule has 1 fully saturated rings. The van der Waals surface area contributed by atoms with Crippen molar-refractivity contribution in [2.24, 2.45) is 12.8 Å². The van der Waals surface area contributed by atoms with E-state index in [0.29, 0.717) is 23.2 Å². The number of nitrogens with zero attached hydrogens (tertiary/aromatic N) is 2. The second-order valence-corrected chi connectivity index (χ2v) is 5.09. The largest absolute Gasteiger partial charge is 0.472 e. The predicted octanol–water partition coefficient (Wildman–Crippen LogP) is 0.737. The predicted molar refractivity (Wildman–Crippen MR) is 72.2 cm³/mol. The van der Waals surface area contributed by atoms with Gasteiger partial charge in [0.05, 0.1) is 5.69 Å². The Kier molecular flexibility index (Phi) is 4.09. The number of aryl methyl sites for hydroxylation is 2. The van der Waals surface area contributed by atoms with E-state index in [9.17, 15) is 4.79 Å². The van der Waals surface area contributed by atoms with E-state index in [2.05, 4.69) is 10.4 Å². The van der Waals surface area contributed by atoms with E-state index in [1.165, 1.54) is 6.42 Å². The second kappa shape index (κ2) is 5.61. The molecule has 2 atom stereocenters. The molecule has 2 unspecified atom stereocenters. The average molecular weight is 266 g/mol. The van der Waals surface area contributed by atoms with Crippen LogP contribution in [-0.2, 0) is 7.05 Å². The van der Waals surface area contributed by atoms with Crippen LogP contribution in [0.5, 0.6) is 5.88 Å². The summed E-state index contributed by atoms with van der Waals surface area (Å²) in [5.74, 6) is -0.00503. The maximum Gasteiger partial charge on any atom is 0.256 e. The summed E-state index contributed by atoms with van der Waals surface area (Å²) in [5, 5.41) is 7.50. The Morgan fingerprint density at radius 2 is 2.16 bits per heavy atom. The highest BCUT2D eigenvalue weighted by atomic mass is 16.5. The van der Waals surface area contributed by atoms with E-state index in [0.717, 1.165) is 19.3 Å². The van der Waals surface area contributed by atoms with Crippen LogP contribution >= 0.6 is 0 Å². The molecule has 0 radical (unpaired) electrons. The van der Waals surface area contributed by atoms with Gasteiger partial charge in [-0.25, -0.2) is 4.68 Å². The number of carbonyl (C=O) groups is 1. The summed E-state index contributed by atoms with van der Waals surface area (Å²) in [4.78, 5) is 11.5. The number of primary amides is 1. The van der Waals surface area contributed by atoms with Crippen LogP contribution in [0.3, 0.4) is 0 Å². The van der Waals surface area contributed by atoms with E-state index < -0.39 is 5.91 Å². The summed E-state index contributed by atoms with van der Waals surface area (Å²) in [5.41, 5.74) is 6.42. The van der Waals surface area contributed by atoms with Crippen molar-refractivity contribution < 1.29 is 9.53 Å². The smallest absolute Gasteiger partial charge is 0.256 e. The third kappa shape index (κ3) is 2.73. The second-order valence-electron chi connectivity index (χ2n) is 5.09. The van der Waals surface area contributed by atoms with Crippen LogP contribution in [0.15, 0.2) is 0 Å². The van der Waals surface area contributed by atoms with Crippen LogP contribution in [0.4, 0.5) is 0 Å². The Hall–Kier alpha value is -1.56. The molecule has 19 heavy (non-hydrogen) atoms. The minimum Gasteiger partial charge on any atom is -0.472 e. The van der Waals surface area contributed by atoms with Crippen LogP contribution in [0, 0.1) is 6.92 Å². The van der Waals surface area contributed by atoms with Gasteiger partial charge in [-0.2, -0.15) is 5.10 Å². The molecular formula is C13H22N4O2. The lowest BCUT2D eigenvalue weighted by Crippen LogP contribution is -2.44. The molecule has 0 aromatic carbocycles. The minimum atomic E-state index is -0.489. The average Bonchev–Trinajstić information content (AvgIpc) is 2.65. The Bertz CT molecular complexity index is 469. The molecule has 1 amide bonds. The third-order valence-corrected chi connectivity index (χ3v) is 3.75. The zero-order valence-electron chi connectivity index (χ0n) is 11.8. The molecule has 6 nitrogen and oxygen atoms in total. The monoisotopic (exact) mass is 266 g/mol. The number of hydrogen-bond acceptors (Lipinski definition) is 4. The van der Waals surface area contributed by atoms with Gasteiger partial charge in [0, 0.05) is 13.1 Å². The first-order valence-electron chi connectivity index (χ1n) is 6.72. The van der Waals surface area contributed by atoms with Gasteiger partial charge in [-0.15, -0.1) is 0 Å². The SMILES string of the molecule is CNC1CCCCC1Oc1c(C(N)=O)c(C)nn1C. The quantitative estimate of drug-likeness (QED) is 0.842. The first-order chi connectivity index (χ1) is 9.04. The van der Waals surface area contributed by atoms with Crippen molar-refractivity contribution in [3.8, 4) is 5.88 Å². The van der Waals surface area contributed by atoms with Gasteiger partial charge in [0.1, 0.15) is 11.7 Å². The number of aromatic nitrogens is 2. The third-order valence-electron chi connectivity index (χ3n) is 3.75. The molecule has 1 aliphatic carbocycles. The summed E-state index contributed by atoms with van der Waals surface area (Å²) in [6, 6.07) is 0.310. The first kappa shape index (κ1) is 13.9. The van der Waals surface area contributed by atoms with Gasteiger partial charge in [0.25, 0.3) is 5.91 Å². The maximum absolute atomic E-state index is 11.5. The number of hydrogen-bond donors (Lipinski definition) is 2. The van der Waals surface area contributed by atoms with E-state index in [1.807, 2.05) is 7.05 Å². The number of ether oxygens (including phenoxy) is 1. The summed E-state index contributed by atoms with van der Waals surface area (Å²) < 4.78 is 7.63. The van der Waals surface area contributed by atoms with Crippen LogP contribution in [0.2, 0.25) is 0 Å². The fraction of sp³-hybridized carbons (Fsp3) is 0.692. The lowest BCUT2D eigenvalue weighted by molar-refractivity contribution is 0.0949. The molecular weight excluding hydrogens is 244 g/mol. The summed E-state index contributed by atoms with van der Waals surface area (Å²) >= 11 is 0. The van der Waals surface area contributed by atoms with Crippen LogP contribution in [0.1, 0.15) is 41.7 Å². The van der Waals surface area contributed by atoms with Crippen molar-refractivity contribution in [3.63, 3.8) is 0 Å². The number of rotatable bonds is 4. The lowest BCUT2D eigenvalue weighted by Gasteiger charge is -2.31. The van der Waals surface area contributed by atoms with Crippen molar-refractivity contribution in [3.05, 3.63) is 11.3 Å². The van der Waals surface area contributed by atoms with Gasteiger partial charge in [-0.05, 0) is 33.2 Å². The number of likely N-dealkylation sites (N-methyl/N-ethyl adjacent to an activating group) is 1. The van der Waals surface area contributed by atoms with E-state index >= 15 is 0 Å². The van der Waals surface area contributed by atoms with Crippen molar-refractivity contribution in [2.45, 2.75) is 44.8 Å². The van der Waals surface area contributed by atoms with Gasteiger partial charge >= 0.3 is 0 Å². The fourth-order valence-electron chi connectivity index (χ4n) is 2.77. The molecule has 3 N–H and O–H groups in total. The van der Waals surface area contributed by atoms with Crippen molar-refractivity contribution in [2.75, 3.05) is 7.05 Å². The lowest BCUT2D eigenvalue weighted by atomic mass is 9.92. The van der Waals surface area contributed by atoms with Crippen molar-refractivity contribution >= 4 is 5.91 Å². The highest BCUT2D eigenvalue weighted by Gasteiger charge is 2.29. The Morgan fingerprint density at radius 3 is 2.79 bits per heavy atom. The molecule has 1 saturated carbocycles. The van der Waals surface area contributed by atoms with Gasteiger partial charge in [0.2, 0.25) is 5.88 Å². The summed E-state index contributed by atoms with van der Waals surface area (Å²) in [7, 11) is 3.71. The zero-order chi connectivity index (χ0) is 14.0. The first-order valence-corrected chi connectivity index (χ1v) is 6.72. The molecule has 1 aliphatic rings. The topological polar surface area (TPSA) is 82.2 Å². The molecule has 0 saturated heterocycles. The summed E-state index contributed by atoms with van der Waals surface area (Å²) in [6.07, 6.45) is 4.48. The molecule has 1 aromatic rings. The van der Waals surface area contributed by atoms with Gasteiger partial charge in [-0.1, -0.05) is 6.42 Å². The number of nitrogens with one attached hydrogen (secondary N) is 1. The Labute approximate surface area is 113 Å². The number of amides is 1. The molecule has 2 rings (SSSR count). The molecule has 6 heteroatoms. The molecule has 1 aromatic heterocycles. The van der Waals surface area contributed by atoms with E-state index in [-0.39, 0.29) is 6.10 Å². The minimum absolute atomic E-state index is 0.0617. The molecule has 0 spiro atoms. The van der Waals surface area contributed by atoms with Crippen LogP contribution < -0.4 is 15.8 Å². The highest BCUT2D eigenvalue weighted by molar-refractivity contribution is 5.96. The highest BCUT2D eigenvalue weighted by Crippen LogP contribution is 2.27. The van der Waals surface area contributed by atoms with Crippen molar-refractivity contribution in [1.82, 2.24) is 15.1 Å². The van der Waals surface area contributed by atoms with E-state index in [4.69, 9.17) is 10.5 Å². The van der Waals surface area contributed by atoms with Gasteiger partial charge in [0.15, 0.2) is 0 Å². The van der Waals surface area contributed by atoms with Crippen LogP contribution in [0.25, 0.3) is 0 Å². The molecule has 106 valence electrons. The van der Waals surface area contributed by atoms with Gasteiger partial charge < -0.3 is 15.8 Å². The van der Waals surface area contributed by atoms with E-state index in [1.54, 1.807) is 18.7 Å². The maximum atomic E-state index is 11.5. The number of carbonyl (C=O) groups excluding carboxylic acids is 1. The Morgan fingerprint density at radius 1 is 1.47 bits per heavy atom. The summed E-state index contributed by atoms with van der Waals surface area (Å²) in [6.45, 7) is 1.77. The van der Waals surface area contributed by atoms with Crippen LogP contribution in [-0.4, -0.2) is 34.9 Å². The van der Waals surface area contributed by atoms with Gasteiger partial charge in [-0.3, -0.25) is 4.79 Å². The Balaban J connectivity index is 2.24.